The quantitative estimate of drug-likeness (QED) is 0.554. The van der Waals surface area contributed by atoms with E-state index < -0.39 is 0 Å². The molecule has 1 aromatic heterocycles. The van der Waals surface area contributed by atoms with Crippen molar-refractivity contribution in [3.8, 4) is 5.75 Å². The SMILES string of the molecule is CCOc1ccc(Nc2ncccc2C(=O)NC2CCc3cc(CN)ccc32)cc1. The number of nitrogens with two attached hydrogens (primary N) is 1. The summed E-state index contributed by atoms with van der Waals surface area (Å²) in [7, 11) is 0. The Kier molecular flexibility index (Phi) is 5.95. The Morgan fingerprint density at radius 1 is 1.20 bits per heavy atom. The summed E-state index contributed by atoms with van der Waals surface area (Å²) in [6, 6.07) is 17.4. The van der Waals surface area contributed by atoms with Gasteiger partial charge in [0.1, 0.15) is 11.6 Å². The third kappa shape index (κ3) is 4.28. The lowest BCUT2D eigenvalue weighted by atomic mass is 10.0. The van der Waals surface area contributed by atoms with Crippen molar-refractivity contribution >= 4 is 17.4 Å². The van der Waals surface area contributed by atoms with Gasteiger partial charge in [0.15, 0.2) is 0 Å². The number of nitrogens with zero attached hydrogens (tertiary/aromatic N) is 1. The Hall–Kier alpha value is -3.38. The van der Waals surface area contributed by atoms with E-state index in [9.17, 15) is 4.79 Å². The van der Waals surface area contributed by atoms with Crippen LogP contribution in [0.4, 0.5) is 11.5 Å². The zero-order valence-electron chi connectivity index (χ0n) is 17.0. The monoisotopic (exact) mass is 402 g/mol. The molecular weight excluding hydrogens is 376 g/mol. The highest BCUT2D eigenvalue weighted by molar-refractivity contribution is 5.99. The number of nitrogens with one attached hydrogen (secondary N) is 2. The maximum absolute atomic E-state index is 13.1. The molecule has 1 atom stereocenters. The largest absolute Gasteiger partial charge is 0.494 e. The number of amides is 1. The van der Waals surface area contributed by atoms with E-state index in [1.54, 1.807) is 18.3 Å². The van der Waals surface area contributed by atoms with E-state index in [1.165, 1.54) is 11.1 Å². The first-order valence-electron chi connectivity index (χ1n) is 10.3. The van der Waals surface area contributed by atoms with Crippen molar-refractivity contribution < 1.29 is 9.53 Å². The molecule has 0 bridgehead atoms. The van der Waals surface area contributed by atoms with Gasteiger partial charge in [-0.25, -0.2) is 4.98 Å². The fourth-order valence-corrected chi connectivity index (χ4v) is 3.81. The highest BCUT2D eigenvalue weighted by Crippen LogP contribution is 2.32. The lowest BCUT2D eigenvalue weighted by molar-refractivity contribution is 0.0937. The third-order valence-corrected chi connectivity index (χ3v) is 5.31. The van der Waals surface area contributed by atoms with Crippen LogP contribution in [0, 0.1) is 0 Å². The van der Waals surface area contributed by atoms with Crippen LogP contribution in [-0.4, -0.2) is 17.5 Å². The van der Waals surface area contributed by atoms with E-state index in [1.807, 2.05) is 37.3 Å². The van der Waals surface area contributed by atoms with Crippen LogP contribution < -0.4 is 21.1 Å². The van der Waals surface area contributed by atoms with Crippen LogP contribution in [-0.2, 0) is 13.0 Å². The van der Waals surface area contributed by atoms with Gasteiger partial charge in [-0.3, -0.25) is 4.79 Å². The first kappa shape index (κ1) is 19.9. The van der Waals surface area contributed by atoms with E-state index >= 15 is 0 Å². The van der Waals surface area contributed by atoms with Gasteiger partial charge < -0.3 is 21.1 Å². The predicted molar refractivity (Wildman–Crippen MR) is 118 cm³/mol. The van der Waals surface area contributed by atoms with Gasteiger partial charge in [-0.05, 0) is 72.9 Å². The second-order valence-corrected chi connectivity index (χ2v) is 7.28. The number of hydrogen-bond donors (Lipinski definition) is 3. The van der Waals surface area contributed by atoms with E-state index in [0.29, 0.717) is 24.5 Å². The molecule has 154 valence electrons. The van der Waals surface area contributed by atoms with Crippen molar-refractivity contribution in [2.24, 2.45) is 5.73 Å². The van der Waals surface area contributed by atoms with Crippen LogP contribution in [0.3, 0.4) is 0 Å². The number of carbonyl (C=O) groups is 1. The topological polar surface area (TPSA) is 89.3 Å². The number of aryl methyl sites for hydroxylation is 1. The highest BCUT2D eigenvalue weighted by Gasteiger charge is 2.25. The first-order valence-corrected chi connectivity index (χ1v) is 10.3. The van der Waals surface area contributed by atoms with E-state index in [-0.39, 0.29) is 11.9 Å². The predicted octanol–water partition coefficient (Wildman–Crippen LogP) is 4.10. The number of anilines is 2. The van der Waals surface area contributed by atoms with E-state index in [4.69, 9.17) is 10.5 Å². The molecule has 4 N–H and O–H groups in total. The van der Waals surface area contributed by atoms with Crippen molar-refractivity contribution in [3.63, 3.8) is 0 Å². The lowest BCUT2D eigenvalue weighted by Crippen LogP contribution is -2.28. The van der Waals surface area contributed by atoms with Gasteiger partial charge >= 0.3 is 0 Å². The molecule has 0 fully saturated rings. The number of carbonyl (C=O) groups excluding carboxylic acids is 1. The van der Waals surface area contributed by atoms with Crippen LogP contribution in [0.15, 0.2) is 60.8 Å². The fourth-order valence-electron chi connectivity index (χ4n) is 3.81. The zero-order valence-corrected chi connectivity index (χ0v) is 17.0. The maximum Gasteiger partial charge on any atom is 0.255 e. The number of fused-ring (bicyclic) bond motifs is 1. The second-order valence-electron chi connectivity index (χ2n) is 7.28. The summed E-state index contributed by atoms with van der Waals surface area (Å²) < 4.78 is 5.48. The number of benzene rings is 2. The summed E-state index contributed by atoms with van der Waals surface area (Å²) in [6.45, 7) is 3.10. The van der Waals surface area contributed by atoms with Crippen LogP contribution in [0.2, 0.25) is 0 Å². The Balaban J connectivity index is 1.49. The van der Waals surface area contributed by atoms with Crippen molar-refractivity contribution in [2.75, 3.05) is 11.9 Å². The minimum atomic E-state index is -0.141. The molecule has 1 unspecified atom stereocenters. The molecule has 6 nitrogen and oxygen atoms in total. The maximum atomic E-state index is 13.1. The van der Waals surface area contributed by atoms with E-state index in [2.05, 4.69) is 27.8 Å². The summed E-state index contributed by atoms with van der Waals surface area (Å²) in [4.78, 5) is 17.4. The molecule has 0 aliphatic heterocycles. The number of hydrogen-bond acceptors (Lipinski definition) is 5. The highest BCUT2D eigenvalue weighted by atomic mass is 16.5. The number of rotatable bonds is 7. The summed E-state index contributed by atoms with van der Waals surface area (Å²) >= 11 is 0. The first-order chi connectivity index (χ1) is 14.7. The van der Waals surface area contributed by atoms with Gasteiger partial charge in [0.2, 0.25) is 0 Å². The summed E-state index contributed by atoms with van der Waals surface area (Å²) in [5.41, 5.74) is 10.7. The van der Waals surface area contributed by atoms with Gasteiger partial charge in [-0.15, -0.1) is 0 Å². The Morgan fingerprint density at radius 3 is 2.80 bits per heavy atom. The summed E-state index contributed by atoms with van der Waals surface area (Å²) in [5, 5.41) is 6.41. The molecule has 1 aliphatic carbocycles. The molecule has 0 saturated heterocycles. The van der Waals surface area contributed by atoms with Gasteiger partial charge in [0, 0.05) is 18.4 Å². The molecule has 0 radical (unpaired) electrons. The molecule has 30 heavy (non-hydrogen) atoms. The molecule has 4 rings (SSSR count). The fraction of sp³-hybridized carbons (Fsp3) is 0.250. The van der Waals surface area contributed by atoms with Crippen molar-refractivity contribution in [1.82, 2.24) is 10.3 Å². The van der Waals surface area contributed by atoms with E-state index in [0.717, 1.165) is 29.8 Å². The molecule has 1 heterocycles. The van der Waals surface area contributed by atoms with Crippen LogP contribution in [0.1, 0.15) is 46.4 Å². The lowest BCUT2D eigenvalue weighted by Gasteiger charge is -2.16. The average molecular weight is 402 g/mol. The minimum Gasteiger partial charge on any atom is -0.494 e. The molecule has 6 heteroatoms. The molecule has 0 saturated carbocycles. The molecular formula is C24H26N4O2. The molecule has 0 spiro atoms. The van der Waals surface area contributed by atoms with Crippen molar-refractivity contribution in [1.29, 1.82) is 0 Å². The van der Waals surface area contributed by atoms with Gasteiger partial charge in [-0.2, -0.15) is 0 Å². The number of ether oxygens (including phenoxy) is 1. The normalized spacial score (nSPS) is 14.8. The van der Waals surface area contributed by atoms with Crippen LogP contribution >= 0.6 is 0 Å². The van der Waals surface area contributed by atoms with Crippen LogP contribution in [0.25, 0.3) is 0 Å². The molecule has 2 aromatic carbocycles. The molecule has 1 amide bonds. The van der Waals surface area contributed by atoms with Gasteiger partial charge in [0.25, 0.3) is 5.91 Å². The Morgan fingerprint density at radius 2 is 2.03 bits per heavy atom. The Bertz CT molecular complexity index is 1030. The minimum absolute atomic E-state index is 0.00198. The summed E-state index contributed by atoms with van der Waals surface area (Å²) in [6.07, 6.45) is 3.50. The zero-order chi connectivity index (χ0) is 20.9. The third-order valence-electron chi connectivity index (χ3n) is 5.31. The number of pyridine rings is 1. The molecule has 1 aliphatic rings. The van der Waals surface area contributed by atoms with Gasteiger partial charge in [-0.1, -0.05) is 18.2 Å². The van der Waals surface area contributed by atoms with Gasteiger partial charge in [0.05, 0.1) is 18.2 Å². The number of aromatic nitrogens is 1. The average Bonchev–Trinajstić information content (AvgIpc) is 3.17. The standard InChI is InChI=1S/C24H26N4O2/c1-2-30-19-9-7-18(8-10-19)27-23-21(4-3-13-26-23)24(29)28-22-12-6-17-14-16(15-25)5-11-20(17)22/h3-5,7-11,13-14,22H,2,6,12,15,25H2,1H3,(H,26,27)(H,28,29). The Labute approximate surface area is 176 Å². The van der Waals surface area contributed by atoms with Crippen molar-refractivity contribution in [2.45, 2.75) is 32.4 Å². The summed E-state index contributed by atoms with van der Waals surface area (Å²) in [5.74, 6) is 1.19. The van der Waals surface area contributed by atoms with Crippen LogP contribution in [0.5, 0.6) is 5.75 Å². The van der Waals surface area contributed by atoms with Crippen molar-refractivity contribution in [3.05, 3.63) is 83.0 Å². The smallest absolute Gasteiger partial charge is 0.255 e. The molecule has 3 aromatic rings. The second kappa shape index (κ2) is 8.97.